The summed E-state index contributed by atoms with van der Waals surface area (Å²) < 4.78 is 0. The molecule has 0 aliphatic heterocycles. The third-order valence-electron chi connectivity index (χ3n) is 3.91. The molecule has 1 aromatic rings. The molecule has 2 aliphatic rings. The zero-order chi connectivity index (χ0) is 13.4. The van der Waals surface area contributed by atoms with Crippen LogP contribution in [0.25, 0.3) is 0 Å². The Morgan fingerprint density at radius 1 is 1.21 bits per heavy atom. The van der Waals surface area contributed by atoms with E-state index in [0.717, 1.165) is 13.1 Å². The molecule has 0 spiro atoms. The largest absolute Gasteiger partial charge is 0.508 e. The number of carbonyl (C=O) groups excluding carboxylic acids is 1. The molecule has 2 saturated carbocycles. The molecule has 4 heteroatoms. The lowest BCUT2D eigenvalue weighted by Gasteiger charge is -2.23. The van der Waals surface area contributed by atoms with E-state index in [9.17, 15) is 9.90 Å². The lowest BCUT2D eigenvalue weighted by atomic mass is 10.1. The van der Waals surface area contributed by atoms with Crippen molar-refractivity contribution in [2.24, 2.45) is 11.8 Å². The molecule has 0 saturated heterocycles. The number of rotatable bonds is 5. The Balaban J connectivity index is 1.78. The minimum absolute atomic E-state index is 0.0350. The zero-order valence-electron chi connectivity index (χ0n) is 11.0. The fraction of sp³-hybridized carbons (Fsp3) is 0.533. The van der Waals surface area contributed by atoms with Gasteiger partial charge in [0.2, 0.25) is 0 Å². The number of anilines is 1. The molecular formula is C15H20N2O2. The summed E-state index contributed by atoms with van der Waals surface area (Å²) in [6.45, 7) is 1.68. The number of nitrogens with two attached hydrogens (primary N) is 1. The number of amides is 1. The van der Waals surface area contributed by atoms with Gasteiger partial charge in [-0.1, -0.05) is 0 Å². The van der Waals surface area contributed by atoms with Crippen LogP contribution in [0.4, 0.5) is 5.69 Å². The van der Waals surface area contributed by atoms with Crippen molar-refractivity contribution in [1.29, 1.82) is 0 Å². The fourth-order valence-electron chi connectivity index (χ4n) is 2.36. The van der Waals surface area contributed by atoms with E-state index in [1.807, 2.05) is 4.90 Å². The van der Waals surface area contributed by atoms with E-state index in [-0.39, 0.29) is 11.7 Å². The molecule has 0 radical (unpaired) electrons. The second-order valence-electron chi connectivity index (χ2n) is 5.87. The first kappa shape index (κ1) is 12.3. The van der Waals surface area contributed by atoms with Crippen molar-refractivity contribution in [2.45, 2.75) is 25.7 Å². The monoisotopic (exact) mass is 260 g/mol. The number of aromatic hydroxyl groups is 1. The molecule has 1 aromatic carbocycles. The highest BCUT2D eigenvalue weighted by Crippen LogP contribution is 2.34. The predicted molar refractivity (Wildman–Crippen MR) is 73.9 cm³/mol. The van der Waals surface area contributed by atoms with E-state index in [1.165, 1.54) is 37.8 Å². The van der Waals surface area contributed by atoms with Gasteiger partial charge in [-0.25, -0.2) is 0 Å². The van der Waals surface area contributed by atoms with Gasteiger partial charge in [0.1, 0.15) is 5.75 Å². The van der Waals surface area contributed by atoms with Crippen LogP contribution in [0.2, 0.25) is 0 Å². The second-order valence-corrected chi connectivity index (χ2v) is 5.87. The van der Waals surface area contributed by atoms with Crippen LogP contribution in [0, 0.1) is 11.8 Å². The van der Waals surface area contributed by atoms with Crippen LogP contribution in [0.3, 0.4) is 0 Å². The number of hydrogen-bond donors (Lipinski definition) is 2. The molecular weight excluding hydrogens is 240 g/mol. The van der Waals surface area contributed by atoms with Gasteiger partial charge in [-0.05, 0) is 55.7 Å². The molecule has 19 heavy (non-hydrogen) atoms. The molecule has 2 aliphatic carbocycles. The minimum Gasteiger partial charge on any atom is -0.508 e. The molecule has 0 bridgehead atoms. The van der Waals surface area contributed by atoms with Gasteiger partial charge in [0, 0.05) is 18.8 Å². The molecule has 4 nitrogen and oxygen atoms in total. The van der Waals surface area contributed by atoms with Crippen molar-refractivity contribution in [3.8, 4) is 5.75 Å². The van der Waals surface area contributed by atoms with Gasteiger partial charge in [-0.3, -0.25) is 4.79 Å². The van der Waals surface area contributed by atoms with Crippen molar-refractivity contribution in [3.63, 3.8) is 0 Å². The molecule has 102 valence electrons. The van der Waals surface area contributed by atoms with Gasteiger partial charge in [0.15, 0.2) is 0 Å². The Morgan fingerprint density at radius 2 is 1.79 bits per heavy atom. The lowest BCUT2D eigenvalue weighted by molar-refractivity contribution is 0.0740. The van der Waals surface area contributed by atoms with Crippen LogP contribution in [-0.4, -0.2) is 29.0 Å². The van der Waals surface area contributed by atoms with Crippen LogP contribution in [-0.2, 0) is 0 Å². The summed E-state index contributed by atoms with van der Waals surface area (Å²) in [6.07, 6.45) is 4.90. The molecule has 0 aromatic heterocycles. The maximum atomic E-state index is 12.6. The van der Waals surface area contributed by atoms with Gasteiger partial charge < -0.3 is 15.7 Å². The van der Waals surface area contributed by atoms with Crippen LogP contribution in [0.5, 0.6) is 5.75 Å². The SMILES string of the molecule is Nc1ccc(O)cc1C(=O)N(CC1CC1)CC1CC1. The molecule has 2 fully saturated rings. The summed E-state index contributed by atoms with van der Waals surface area (Å²) in [4.78, 5) is 14.5. The van der Waals surface area contributed by atoms with Crippen molar-refractivity contribution in [2.75, 3.05) is 18.8 Å². The van der Waals surface area contributed by atoms with Crippen molar-refractivity contribution in [1.82, 2.24) is 4.90 Å². The topological polar surface area (TPSA) is 66.6 Å². The van der Waals surface area contributed by atoms with Crippen LogP contribution in [0.15, 0.2) is 18.2 Å². The van der Waals surface area contributed by atoms with E-state index >= 15 is 0 Å². The predicted octanol–water partition coefficient (Wildman–Crippen LogP) is 2.24. The quantitative estimate of drug-likeness (QED) is 0.630. The maximum absolute atomic E-state index is 12.6. The van der Waals surface area contributed by atoms with Gasteiger partial charge >= 0.3 is 0 Å². The molecule has 3 rings (SSSR count). The first-order valence-corrected chi connectivity index (χ1v) is 7.01. The Kier molecular flexibility index (Phi) is 3.09. The Bertz CT molecular complexity index is 479. The van der Waals surface area contributed by atoms with Gasteiger partial charge in [-0.15, -0.1) is 0 Å². The summed E-state index contributed by atoms with van der Waals surface area (Å²) in [5.41, 5.74) is 6.74. The smallest absolute Gasteiger partial charge is 0.256 e. The van der Waals surface area contributed by atoms with Gasteiger partial charge in [0.25, 0.3) is 5.91 Å². The van der Waals surface area contributed by atoms with Crippen molar-refractivity contribution >= 4 is 11.6 Å². The number of nitrogen functional groups attached to an aromatic ring is 1. The highest BCUT2D eigenvalue weighted by Gasteiger charge is 2.32. The fourth-order valence-corrected chi connectivity index (χ4v) is 2.36. The third kappa shape index (κ3) is 3.00. The average Bonchev–Trinajstić information content (AvgIpc) is 3.25. The van der Waals surface area contributed by atoms with E-state index < -0.39 is 0 Å². The standard InChI is InChI=1S/C15H20N2O2/c16-14-6-5-12(18)7-13(14)15(19)17(8-10-1-2-10)9-11-3-4-11/h5-7,10-11,18H,1-4,8-9,16H2. The Hall–Kier alpha value is -1.71. The number of nitrogens with zero attached hydrogens (tertiary/aromatic N) is 1. The minimum atomic E-state index is -0.0350. The summed E-state index contributed by atoms with van der Waals surface area (Å²) in [7, 11) is 0. The second kappa shape index (κ2) is 4.76. The molecule has 0 unspecified atom stereocenters. The zero-order valence-corrected chi connectivity index (χ0v) is 11.0. The van der Waals surface area contributed by atoms with Crippen LogP contribution >= 0.6 is 0 Å². The Morgan fingerprint density at radius 3 is 2.32 bits per heavy atom. The number of hydrogen-bond acceptors (Lipinski definition) is 3. The number of phenolic OH excluding ortho intramolecular Hbond substituents is 1. The Labute approximate surface area is 113 Å². The van der Waals surface area contributed by atoms with E-state index in [0.29, 0.717) is 23.1 Å². The van der Waals surface area contributed by atoms with E-state index in [2.05, 4.69) is 0 Å². The molecule has 3 N–H and O–H groups in total. The van der Waals surface area contributed by atoms with Gasteiger partial charge in [0.05, 0.1) is 5.56 Å². The number of benzene rings is 1. The highest BCUT2D eigenvalue weighted by atomic mass is 16.3. The van der Waals surface area contributed by atoms with Crippen LogP contribution in [0.1, 0.15) is 36.0 Å². The lowest BCUT2D eigenvalue weighted by Crippen LogP contribution is -2.35. The van der Waals surface area contributed by atoms with E-state index in [1.54, 1.807) is 6.07 Å². The van der Waals surface area contributed by atoms with Gasteiger partial charge in [-0.2, -0.15) is 0 Å². The third-order valence-corrected chi connectivity index (χ3v) is 3.91. The number of carbonyl (C=O) groups is 1. The van der Waals surface area contributed by atoms with Crippen molar-refractivity contribution < 1.29 is 9.90 Å². The summed E-state index contributed by atoms with van der Waals surface area (Å²) in [6, 6.07) is 4.58. The summed E-state index contributed by atoms with van der Waals surface area (Å²) in [5.74, 6) is 1.39. The molecule has 0 heterocycles. The molecule has 1 amide bonds. The molecule has 0 atom stereocenters. The highest BCUT2D eigenvalue weighted by molar-refractivity contribution is 5.99. The van der Waals surface area contributed by atoms with Crippen molar-refractivity contribution in [3.05, 3.63) is 23.8 Å². The summed E-state index contributed by atoms with van der Waals surface area (Å²) in [5, 5.41) is 9.53. The summed E-state index contributed by atoms with van der Waals surface area (Å²) >= 11 is 0. The maximum Gasteiger partial charge on any atom is 0.256 e. The number of phenols is 1. The first-order valence-electron chi connectivity index (χ1n) is 7.01. The normalized spacial score (nSPS) is 18.3. The van der Waals surface area contributed by atoms with E-state index in [4.69, 9.17) is 5.73 Å². The first-order chi connectivity index (χ1) is 9.13. The van der Waals surface area contributed by atoms with Crippen LogP contribution < -0.4 is 5.73 Å². The average molecular weight is 260 g/mol.